The molecule has 394 valence electrons. The maximum absolute atomic E-state index is 13.3. The van der Waals surface area contributed by atoms with Gasteiger partial charge in [-0.2, -0.15) is 0 Å². The van der Waals surface area contributed by atoms with Crippen LogP contribution in [-0.2, 0) is 14.3 Å². The molecule has 0 aliphatic heterocycles. The molecule has 0 rings (SSSR count). The van der Waals surface area contributed by atoms with Crippen molar-refractivity contribution < 1.29 is 24.5 Å². The molecular formula is C62H111NO5. The van der Waals surface area contributed by atoms with Crippen LogP contribution in [0.3, 0.4) is 0 Å². The van der Waals surface area contributed by atoms with E-state index in [1.54, 1.807) is 0 Å². The van der Waals surface area contributed by atoms with Gasteiger partial charge in [0, 0.05) is 6.42 Å². The summed E-state index contributed by atoms with van der Waals surface area (Å²) in [4.78, 5) is 26.3. The molecule has 3 N–H and O–H groups in total. The van der Waals surface area contributed by atoms with Crippen LogP contribution in [-0.4, -0.2) is 46.9 Å². The molecule has 0 radical (unpaired) electrons. The van der Waals surface area contributed by atoms with Crippen LogP contribution in [0.15, 0.2) is 72.9 Å². The number of aliphatic hydroxyl groups is 2. The summed E-state index contributed by atoms with van der Waals surface area (Å²) in [5.74, 6) is -0.532. The van der Waals surface area contributed by atoms with Crippen LogP contribution in [0.4, 0.5) is 0 Å². The minimum absolute atomic E-state index is 0.0450. The number of esters is 1. The van der Waals surface area contributed by atoms with E-state index in [1.165, 1.54) is 141 Å². The molecule has 0 aliphatic rings. The van der Waals surface area contributed by atoms with Gasteiger partial charge >= 0.3 is 5.97 Å². The first-order chi connectivity index (χ1) is 33.5. The summed E-state index contributed by atoms with van der Waals surface area (Å²) in [5.41, 5.74) is 0. The standard InChI is InChI=1S/C62H111NO5/c1-4-7-10-13-16-19-22-25-28-30-31-32-34-37-40-43-46-49-52-55-62(67)68-58(53-50-47-44-41-38-35-33-29-26-23-20-17-14-11-8-5-2)56-61(66)63-59(57-64)60(65)54-51-48-45-42-39-36-27-24-21-18-15-12-9-6-3/h16,19,25,28-29,31-33,35,37-38,40,58-60,64-65H,4-15,17-18,20-24,26-27,30,34,36,39,41-57H2,1-3H3,(H,63,66)/b19-16-,28-25-,32-31-,33-29+,38-35+,40-37-. The minimum atomic E-state index is -0.804. The molecule has 0 bridgehead atoms. The van der Waals surface area contributed by atoms with Gasteiger partial charge < -0.3 is 20.3 Å². The first-order valence-electron chi connectivity index (χ1n) is 29.2. The van der Waals surface area contributed by atoms with Gasteiger partial charge in [-0.05, 0) is 96.3 Å². The second-order valence-corrected chi connectivity index (χ2v) is 19.7. The summed E-state index contributed by atoms with van der Waals surface area (Å²) < 4.78 is 5.94. The molecule has 0 spiro atoms. The Bertz CT molecular complexity index is 1250. The summed E-state index contributed by atoms with van der Waals surface area (Å²) in [6.45, 7) is 6.45. The van der Waals surface area contributed by atoms with Gasteiger partial charge in [0.2, 0.25) is 5.91 Å². The molecule has 0 fully saturated rings. The number of carbonyl (C=O) groups excluding carboxylic acids is 2. The Morgan fingerprint density at radius 1 is 0.441 bits per heavy atom. The van der Waals surface area contributed by atoms with Crippen LogP contribution >= 0.6 is 0 Å². The van der Waals surface area contributed by atoms with Gasteiger partial charge in [0.25, 0.3) is 0 Å². The Balaban J connectivity index is 4.67. The molecule has 0 aromatic rings. The lowest BCUT2D eigenvalue weighted by Crippen LogP contribution is -2.46. The fourth-order valence-corrected chi connectivity index (χ4v) is 8.58. The van der Waals surface area contributed by atoms with Crippen LogP contribution in [0.2, 0.25) is 0 Å². The number of carbonyl (C=O) groups is 2. The lowest BCUT2D eigenvalue weighted by Gasteiger charge is -2.24. The van der Waals surface area contributed by atoms with Gasteiger partial charge in [-0.25, -0.2) is 0 Å². The topological polar surface area (TPSA) is 95.9 Å². The summed E-state index contributed by atoms with van der Waals surface area (Å²) in [7, 11) is 0. The van der Waals surface area contributed by atoms with Gasteiger partial charge in [0.05, 0.1) is 25.2 Å². The number of hydrogen-bond donors (Lipinski definition) is 3. The van der Waals surface area contributed by atoms with Crippen molar-refractivity contribution in [2.24, 2.45) is 0 Å². The van der Waals surface area contributed by atoms with Crippen molar-refractivity contribution in [3.8, 4) is 0 Å². The van der Waals surface area contributed by atoms with E-state index in [4.69, 9.17) is 4.74 Å². The number of nitrogens with one attached hydrogen (secondary N) is 1. The summed E-state index contributed by atoms with van der Waals surface area (Å²) in [5, 5.41) is 23.9. The Labute approximate surface area is 421 Å². The monoisotopic (exact) mass is 950 g/mol. The smallest absolute Gasteiger partial charge is 0.306 e. The molecule has 3 atom stereocenters. The average molecular weight is 951 g/mol. The lowest BCUT2D eigenvalue weighted by molar-refractivity contribution is -0.151. The largest absolute Gasteiger partial charge is 0.462 e. The molecule has 3 unspecified atom stereocenters. The maximum atomic E-state index is 13.3. The van der Waals surface area contributed by atoms with Crippen molar-refractivity contribution in [1.82, 2.24) is 5.32 Å². The zero-order chi connectivity index (χ0) is 49.5. The maximum Gasteiger partial charge on any atom is 0.306 e. The third-order valence-corrected chi connectivity index (χ3v) is 13.0. The molecule has 0 saturated carbocycles. The Morgan fingerprint density at radius 2 is 0.794 bits per heavy atom. The molecule has 0 aromatic heterocycles. The molecular weight excluding hydrogens is 839 g/mol. The first kappa shape index (κ1) is 65.3. The van der Waals surface area contributed by atoms with E-state index in [1.807, 2.05) is 0 Å². The van der Waals surface area contributed by atoms with E-state index in [2.05, 4.69) is 99.0 Å². The number of unbranched alkanes of at least 4 members (excludes halogenated alkanes) is 29. The fourth-order valence-electron chi connectivity index (χ4n) is 8.58. The summed E-state index contributed by atoms with van der Waals surface area (Å²) >= 11 is 0. The van der Waals surface area contributed by atoms with Crippen molar-refractivity contribution in [1.29, 1.82) is 0 Å². The van der Waals surface area contributed by atoms with E-state index in [0.29, 0.717) is 19.3 Å². The lowest BCUT2D eigenvalue weighted by atomic mass is 10.0. The van der Waals surface area contributed by atoms with Crippen LogP contribution in [0.5, 0.6) is 0 Å². The van der Waals surface area contributed by atoms with Crippen LogP contribution in [0, 0.1) is 0 Å². The minimum Gasteiger partial charge on any atom is -0.462 e. The van der Waals surface area contributed by atoms with Crippen molar-refractivity contribution in [2.45, 2.75) is 302 Å². The third-order valence-electron chi connectivity index (χ3n) is 13.0. The van der Waals surface area contributed by atoms with Gasteiger partial charge in [-0.3, -0.25) is 9.59 Å². The van der Waals surface area contributed by atoms with E-state index in [-0.39, 0.29) is 24.9 Å². The van der Waals surface area contributed by atoms with Crippen molar-refractivity contribution in [3.05, 3.63) is 72.9 Å². The van der Waals surface area contributed by atoms with Crippen molar-refractivity contribution >= 4 is 11.9 Å². The van der Waals surface area contributed by atoms with Gasteiger partial charge in [0.1, 0.15) is 6.10 Å². The molecule has 6 heteroatoms. The van der Waals surface area contributed by atoms with E-state index in [0.717, 1.165) is 96.3 Å². The number of aliphatic hydroxyl groups excluding tert-OH is 2. The van der Waals surface area contributed by atoms with Crippen molar-refractivity contribution in [2.75, 3.05) is 6.61 Å². The number of amides is 1. The highest BCUT2D eigenvalue weighted by Gasteiger charge is 2.24. The predicted octanol–water partition coefficient (Wildman–Crippen LogP) is 18.1. The predicted molar refractivity (Wildman–Crippen MR) is 296 cm³/mol. The zero-order valence-electron chi connectivity index (χ0n) is 45.0. The molecule has 68 heavy (non-hydrogen) atoms. The van der Waals surface area contributed by atoms with Crippen LogP contribution in [0.1, 0.15) is 284 Å². The molecule has 6 nitrogen and oxygen atoms in total. The van der Waals surface area contributed by atoms with Crippen molar-refractivity contribution in [3.63, 3.8) is 0 Å². The highest BCUT2D eigenvalue weighted by Crippen LogP contribution is 2.17. The fraction of sp³-hybridized carbons (Fsp3) is 0.774. The second kappa shape index (κ2) is 55.2. The number of hydrogen-bond acceptors (Lipinski definition) is 5. The van der Waals surface area contributed by atoms with E-state index >= 15 is 0 Å². The quantitative estimate of drug-likeness (QED) is 0.0244. The zero-order valence-corrected chi connectivity index (χ0v) is 45.0. The highest BCUT2D eigenvalue weighted by molar-refractivity contribution is 5.77. The SMILES string of the molecule is CCCCC/C=C\C/C=C\C/C=C\C/C=C\CCCCCC(=O)OC(CCCCC/C=C/C=C/CCCCCCCCC)CC(=O)NC(CO)C(O)CCCCCCCCCCCCCCCC. The normalized spacial score (nSPS) is 13.7. The molecule has 0 aromatic carbocycles. The third kappa shape index (κ3) is 49.7. The Morgan fingerprint density at radius 3 is 1.26 bits per heavy atom. The first-order valence-corrected chi connectivity index (χ1v) is 29.2. The average Bonchev–Trinajstić information content (AvgIpc) is 3.33. The summed E-state index contributed by atoms with van der Waals surface area (Å²) in [6.07, 6.45) is 71.0. The highest BCUT2D eigenvalue weighted by atomic mass is 16.5. The Kier molecular flexibility index (Phi) is 53.0. The summed E-state index contributed by atoms with van der Waals surface area (Å²) in [6, 6.07) is -0.721. The van der Waals surface area contributed by atoms with Gasteiger partial charge in [-0.1, -0.05) is 248 Å². The van der Waals surface area contributed by atoms with E-state index < -0.39 is 18.2 Å². The Hall–Kier alpha value is -2.70. The van der Waals surface area contributed by atoms with Gasteiger partial charge in [-0.15, -0.1) is 0 Å². The molecule has 0 aliphatic carbocycles. The van der Waals surface area contributed by atoms with Gasteiger partial charge in [0.15, 0.2) is 0 Å². The van der Waals surface area contributed by atoms with Crippen LogP contribution < -0.4 is 5.32 Å². The van der Waals surface area contributed by atoms with Crippen LogP contribution in [0.25, 0.3) is 0 Å². The number of allylic oxidation sites excluding steroid dienone is 12. The molecule has 0 heterocycles. The second-order valence-electron chi connectivity index (χ2n) is 19.7. The molecule has 1 amide bonds. The number of ether oxygens (including phenoxy) is 1. The number of rotatable bonds is 52. The van der Waals surface area contributed by atoms with E-state index in [9.17, 15) is 19.8 Å². The molecule has 0 saturated heterocycles.